The lowest BCUT2D eigenvalue weighted by Gasteiger charge is -2.19. The first-order valence-corrected chi connectivity index (χ1v) is 8.24. The van der Waals surface area contributed by atoms with Crippen LogP contribution in [0.15, 0.2) is 21.5 Å². The van der Waals surface area contributed by atoms with Crippen LogP contribution in [0.25, 0.3) is 0 Å². The van der Waals surface area contributed by atoms with Gasteiger partial charge in [0.25, 0.3) is 0 Å². The Balaban J connectivity index is 3.33. The van der Waals surface area contributed by atoms with Crippen molar-refractivity contribution in [1.82, 2.24) is 4.31 Å². The van der Waals surface area contributed by atoms with Gasteiger partial charge in [-0.2, -0.15) is 9.57 Å². The van der Waals surface area contributed by atoms with Crippen LogP contribution in [-0.4, -0.2) is 37.4 Å². The number of carboxylic acid groups (broad SMARTS) is 1. The largest absolute Gasteiger partial charge is 0.478 e. The van der Waals surface area contributed by atoms with Gasteiger partial charge < -0.3 is 5.11 Å². The van der Waals surface area contributed by atoms with Crippen molar-refractivity contribution < 1.29 is 18.3 Å². The summed E-state index contributed by atoms with van der Waals surface area (Å²) in [6.45, 7) is 3.23. The van der Waals surface area contributed by atoms with E-state index in [-0.39, 0.29) is 17.0 Å². The molecule has 0 saturated heterocycles. The Hall–Kier alpha value is -1.43. The van der Waals surface area contributed by atoms with E-state index in [1.807, 2.05) is 6.07 Å². The molecule has 0 bridgehead atoms. The van der Waals surface area contributed by atoms with E-state index in [9.17, 15) is 13.2 Å². The van der Waals surface area contributed by atoms with Crippen molar-refractivity contribution in [2.45, 2.75) is 18.7 Å². The highest BCUT2D eigenvalue weighted by atomic mass is 79.9. The summed E-state index contributed by atoms with van der Waals surface area (Å²) in [7, 11) is -2.49. The van der Waals surface area contributed by atoms with Crippen molar-refractivity contribution >= 4 is 31.9 Å². The van der Waals surface area contributed by atoms with Crippen LogP contribution in [0, 0.1) is 24.2 Å². The van der Waals surface area contributed by atoms with E-state index in [4.69, 9.17) is 10.4 Å². The van der Waals surface area contributed by atoms with Gasteiger partial charge in [0.15, 0.2) is 0 Å². The van der Waals surface area contributed by atoms with Crippen molar-refractivity contribution in [1.29, 1.82) is 5.26 Å². The summed E-state index contributed by atoms with van der Waals surface area (Å²) in [6, 6.07) is 4.46. The lowest BCUT2D eigenvalue weighted by Crippen LogP contribution is -2.31. The zero-order valence-electron chi connectivity index (χ0n) is 11.8. The number of halogens is 1. The van der Waals surface area contributed by atoms with E-state index in [2.05, 4.69) is 15.9 Å². The molecular formula is C13H15BrN2O4S. The molecule has 21 heavy (non-hydrogen) atoms. The Morgan fingerprint density at radius 3 is 2.57 bits per heavy atom. The molecular weight excluding hydrogens is 360 g/mol. The fourth-order valence-electron chi connectivity index (χ4n) is 1.73. The van der Waals surface area contributed by atoms with Crippen LogP contribution >= 0.6 is 15.9 Å². The lowest BCUT2D eigenvalue weighted by molar-refractivity contribution is 0.0695. The predicted molar refractivity (Wildman–Crippen MR) is 80.4 cm³/mol. The van der Waals surface area contributed by atoms with Gasteiger partial charge in [-0.3, -0.25) is 0 Å². The van der Waals surface area contributed by atoms with E-state index < -0.39 is 21.9 Å². The summed E-state index contributed by atoms with van der Waals surface area (Å²) >= 11 is 3.17. The standard InChI is InChI=1S/C13H15BrN2O4S/c1-8(6-15)7-16(3)21(19,20)10-4-11(13(17)18)9(2)12(14)5-10/h4-5,8H,7H2,1-3H3,(H,17,18). The second-order valence-electron chi connectivity index (χ2n) is 4.70. The third kappa shape index (κ3) is 3.81. The summed E-state index contributed by atoms with van der Waals surface area (Å²) < 4.78 is 26.3. The van der Waals surface area contributed by atoms with Gasteiger partial charge in [0.2, 0.25) is 10.0 Å². The van der Waals surface area contributed by atoms with Crippen molar-refractivity contribution in [2.24, 2.45) is 5.92 Å². The highest BCUT2D eigenvalue weighted by molar-refractivity contribution is 9.10. The number of sulfonamides is 1. The zero-order chi connectivity index (χ0) is 16.4. The molecule has 1 atom stereocenters. The normalized spacial score (nSPS) is 13.0. The molecule has 8 heteroatoms. The fourth-order valence-corrected chi connectivity index (χ4v) is 3.65. The van der Waals surface area contributed by atoms with Crippen LogP contribution in [0.5, 0.6) is 0 Å². The highest BCUT2D eigenvalue weighted by Gasteiger charge is 2.25. The molecule has 0 aromatic heterocycles. The van der Waals surface area contributed by atoms with Gasteiger partial charge in [0.05, 0.1) is 22.4 Å². The number of hydrogen-bond acceptors (Lipinski definition) is 4. The molecule has 1 rings (SSSR count). The number of carbonyl (C=O) groups is 1. The molecule has 0 aliphatic rings. The first-order valence-electron chi connectivity index (χ1n) is 6.00. The Labute approximate surface area is 132 Å². The SMILES string of the molecule is Cc1c(Br)cc(S(=O)(=O)N(C)CC(C)C#N)cc1C(=O)O. The number of nitrogens with zero attached hydrogens (tertiary/aromatic N) is 2. The topological polar surface area (TPSA) is 98.5 Å². The van der Waals surface area contributed by atoms with Crippen molar-refractivity contribution in [2.75, 3.05) is 13.6 Å². The second-order valence-corrected chi connectivity index (χ2v) is 7.60. The Morgan fingerprint density at radius 2 is 2.10 bits per heavy atom. The maximum atomic E-state index is 12.4. The van der Waals surface area contributed by atoms with E-state index >= 15 is 0 Å². The zero-order valence-corrected chi connectivity index (χ0v) is 14.2. The lowest BCUT2D eigenvalue weighted by atomic mass is 10.1. The van der Waals surface area contributed by atoms with Gasteiger partial charge in [-0.1, -0.05) is 15.9 Å². The van der Waals surface area contributed by atoms with Gasteiger partial charge in [-0.25, -0.2) is 13.2 Å². The summed E-state index contributed by atoms with van der Waals surface area (Å²) in [5, 5.41) is 17.9. The number of hydrogen-bond donors (Lipinski definition) is 1. The van der Waals surface area contributed by atoms with Crippen LogP contribution < -0.4 is 0 Å². The van der Waals surface area contributed by atoms with Crippen LogP contribution in [0.1, 0.15) is 22.8 Å². The maximum Gasteiger partial charge on any atom is 0.336 e. The minimum atomic E-state index is -3.85. The van der Waals surface area contributed by atoms with E-state index in [1.165, 1.54) is 13.1 Å². The Morgan fingerprint density at radius 1 is 1.52 bits per heavy atom. The molecule has 0 radical (unpaired) electrons. The van der Waals surface area contributed by atoms with E-state index in [0.717, 1.165) is 10.4 Å². The molecule has 114 valence electrons. The molecule has 1 N–H and O–H groups in total. The molecule has 6 nitrogen and oxygen atoms in total. The average Bonchev–Trinajstić information content (AvgIpc) is 2.40. The molecule has 1 unspecified atom stereocenters. The summed E-state index contributed by atoms with van der Waals surface area (Å²) in [6.07, 6.45) is 0. The molecule has 1 aromatic rings. The number of aromatic carboxylic acids is 1. The Bertz CT molecular complexity index is 710. The van der Waals surface area contributed by atoms with Crippen LogP contribution in [0.2, 0.25) is 0 Å². The number of nitriles is 1. The minimum absolute atomic E-state index is 0.0345. The van der Waals surface area contributed by atoms with E-state index in [0.29, 0.717) is 10.0 Å². The van der Waals surface area contributed by atoms with Crippen LogP contribution in [0.3, 0.4) is 0 Å². The molecule has 0 aliphatic heterocycles. The Kier molecular flexibility index (Phi) is 5.50. The molecule has 0 spiro atoms. The monoisotopic (exact) mass is 374 g/mol. The molecule has 0 saturated carbocycles. The van der Waals surface area contributed by atoms with E-state index in [1.54, 1.807) is 13.8 Å². The summed E-state index contributed by atoms with van der Waals surface area (Å²) in [4.78, 5) is 11.1. The molecule has 0 aliphatic carbocycles. The van der Waals surface area contributed by atoms with Crippen LogP contribution in [-0.2, 0) is 10.0 Å². The first kappa shape index (κ1) is 17.6. The van der Waals surface area contributed by atoms with Crippen molar-refractivity contribution in [3.05, 3.63) is 27.7 Å². The number of rotatable bonds is 5. The minimum Gasteiger partial charge on any atom is -0.478 e. The predicted octanol–water partition coefficient (Wildman–Crippen LogP) is 2.24. The van der Waals surface area contributed by atoms with Crippen molar-refractivity contribution in [3.8, 4) is 6.07 Å². The van der Waals surface area contributed by atoms with Crippen molar-refractivity contribution in [3.63, 3.8) is 0 Å². The van der Waals surface area contributed by atoms with Gasteiger partial charge in [-0.05, 0) is 31.5 Å². The van der Waals surface area contributed by atoms with Gasteiger partial charge in [0.1, 0.15) is 0 Å². The first-order chi connectivity index (χ1) is 9.61. The summed E-state index contributed by atoms with van der Waals surface area (Å²) in [5.74, 6) is -1.66. The quantitative estimate of drug-likeness (QED) is 0.851. The molecule has 0 amide bonds. The van der Waals surface area contributed by atoms with Gasteiger partial charge in [0, 0.05) is 18.1 Å². The van der Waals surface area contributed by atoms with Crippen LogP contribution in [0.4, 0.5) is 0 Å². The third-order valence-corrected chi connectivity index (χ3v) is 5.63. The average molecular weight is 375 g/mol. The van der Waals surface area contributed by atoms with Gasteiger partial charge >= 0.3 is 5.97 Å². The smallest absolute Gasteiger partial charge is 0.336 e. The fraction of sp³-hybridized carbons (Fsp3) is 0.385. The molecule has 0 heterocycles. The third-order valence-electron chi connectivity index (χ3n) is 3.01. The number of benzene rings is 1. The molecule has 0 fully saturated rings. The second kappa shape index (κ2) is 6.56. The number of carboxylic acids is 1. The van der Waals surface area contributed by atoms with Gasteiger partial charge in [-0.15, -0.1) is 0 Å². The molecule has 1 aromatic carbocycles. The highest BCUT2D eigenvalue weighted by Crippen LogP contribution is 2.26. The summed E-state index contributed by atoms with van der Waals surface area (Å²) in [5.41, 5.74) is 0.374. The maximum absolute atomic E-state index is 12.4.